The summed E-state index contributed by atoms with van der Waals surface area (Å²) in [5, 5.41) is 11.8. The van der Waals surface area contributed by atoms with Crippen LogP contribution in [-0.4, -0.2) is 30.1 Å². The maximum Gasteiger partial charge on any atom is 0.336 e. The Labute approximate surface area is 138 Å². The molecule has 128 valence electrons. The van der Waals surface area contributed by atoms with Gasteiger partial charge in [-0.3, -0.25) is 9.59 Å². The number of carbonyl (C=O) groups is 2. The van der Waals surface area contributed by atoms with Crippen molar-refractivity contribution in [1.82, 2.24) is 5.32 Å². The molecule has 1 aromatic heterocycles. The molecular weight excluding hydrogens is 314 g/mol. The van der Waals surface area contributed by atoms with Crippen LogP contribution in [0.5, 0.6) is 5.75 Å². The van der Waals surface area contributed by atoms with Gasteiger partial charge in [0.15, 0.2) is 6.61 Å². The van der Waals surface area contributed by atoms with Crippen LogP contribution in [0.15, 0.2) is 33.5 Å². The molecule has 0 atom stereocenters. The molecule has 0 saturated heterocycles. The van der Waals surface area contributed by atoms with Crippen LogP contribution in [0.3, 0.4) is 0 Å². The summed E-state index contributed by atoms with van der Waals surface area (Å²) in [6.45, 7) is 1.83. The summed E-state index contributed by atoms with van der Waals surface area (Å²) in [4.78, 5) is 33.5. The largest absolute Gasteiger partial charge is 0.484 e. The van der Waals surface area contributed by atoms with Gasteiger partial charge >= 0.3 is 11.6 Å². The highest BCUT2D eigenvalue weighted by Crippen LogP contribution is 2.23. The molecule has 2 aromatic rings. The summed E-state index contributed by atoms with van der Waals surface area (Å²) in [5.74, 6) is -1.01. The normalized spacial score (nSPS) is 10.5. The third-order valence-corrected chi connectivity index (χ3v) is 3.35. The minimum atomic E-state index is -0.983. The van der Waals surface area contributed by atoms with Gasteiger partial charge in [0.05, 0.1) is 6.42 Å². The first kappa shape index (κ1) is 17.5. The molecule has 1 amide bonds. The van der Waals surface area contributed by atoms with Crippen LogP contribution < -0.4 is 15.7 Å². The predicted molar refractivity (Wildman–Crippen MR) is 87.2 cm³/mol. The van der Waals surface area contributed by atoms with Crippen molar-refractivity contribution in [2.24, 2.45) is 0 Å². The van der Waals surface area contributed by atoms with Crippen LogP contribution in [0.2, 0.25) is 0 Å². The molecule has 2 N–H and O–H groups in total. The van der Waals surface area contributed by atoms with Crippen molar-refractivity contribution >= 4 is 22.8 Å². The molecule has 0 spiro atoms. The number of aryl methyl sites for hydroxylation is 1. The number of carbonyl (C=O) groups excluding carboxylic acids is 1. The second-order valence-electron chi connectivity index (χ2n) is 5.28. The van der Waals surface area contributed by atoms with Gasteiger partial charge in [-0.2, -0.15) is 0 Å². The maximum absolute atomic E-state index is 11.6. The van der Waals surface area contributed by atoms with Gasteiger partial charge in [0.25, 0.3) is 5.91 Å². The second kappa shape index (κ2) is 8.14. The Morgan fingerprint density at radius 1 is 1.29 bits per heavy atom. The molecular formula is C17H19NO6. The van der Waals surface area contributed by atoms with E-state index in [0.717, 1.165) is 23.8 Å². The van der Waals surface area contributed by atoms with Gasteiger partial charge in [0, 0.05) is 24.1 Å². The van der Waals surface area contributed by atoms with Crippen LogP contribution >= 0.6 is 0 Å². The summed E-state index contributed by atoms with van der Waals surface area (Å²) in [6.07, 6.45) is 1.54. The second-order valence-corrected chi connectivity index (χ2v) is 5.28. The van der Waals surface area contributed by atoms with Crippen LogP contribution in [0.4, 0.5) is 0 Å². The van der Waals surface area contributed by atoms with Crippen LogP contribution in [-0.2, 0) is 16.0 Å². The molecule has 0 fully saturated rings. The summed E-state index contributed by atoms with van der Waals surface area (Å²) in [5.41, 5.74) is 0.908. The van der Waals surface area contributed by atoms with Crippen molar-refractivity contribution in [2.45, 2.75) is 26.2 Å². The maximum atomic E-state index is 11.6. The first-order valence-corrected chi connectivity index (χ1v) is 7.67. The van der Waals surface area contributed by atoms with Gasteiger partial charge in [0.1, 0.15) is 11.3 Å². The van der Waals surface area contributed by atoms with E-state index in [9.17, 15) is 14.4 Å². The van der Waals surface area contributed by atoms with Crippen molar-refractivity contribution in [3.63, 3.8) is 0 Å². The highest BCUT2D eigenvalue weighted by molar-refractivity contribution is 5.82. The number of aliphatic carboxylic acids is 1. The number of rotatable bonds is 8. The third kappa shape index (κ3) is 4.84. The van der Waals surface area contributed by atoms with E-state index in [4.69, 9.17) is 14.3 Å². The number of hydrogen-bond donors (Lipinski definition) is 2. The van der Waals surface area contributed by atoms with Crippen LogP contribution in [0.25, 0.3) is 11.0 Å². The van der Waals surface area contributed by atoms with E-state index < -0.39 is 17.5 Å². The molecule has 1 heterocycles. The Morgan fingerprint density at radius 2 is 2.08 bits per heavy atom. The van der Waals surface area contributed by atoms with E-state index in [-0.39, 0.29) is 19.6 Å². The summed E-state index contributed by atoms with van der Waals surface area (Å²) in [6, 6.07) is 6.55. The quantitative estimate of drug-likeness (QED) is 0.713. The number of hydrogen-bond acceptors (Lipinski definition) is 5. The van der Waals surface area contributed by atoms with Crippen molar-refractivity contribution in [2.75, 3.05) is 13.2 Å². The van der Waals surface area contributed by atoms with E-state index in [1.807, 2.05) is 6.92 Å². The number of benzene rings is 1. The lowest BCUT2D eigenvalue weighted by molar-refractivity contribution is -0.137. The van der Waals surface area contributed by atoms with E-state index in [1.165, 1.54) is 6.07 Å². The predicted octanol–water partition coefficient (Wildman–Crippen LogP) is 1.72. The van der Waals surface area contributed by atoms with E-state index in [0.29, 0.717) is 11.3 Å². The molecule has 0 aliphatic carbocycles. The number of amides is 1. The Bertz CT molecular complexity index is 795. The summed E-state index contributed by atoms with van der Waals surface area (Å²) in [7, 11) is 0. The average molecular weight is 333 g/mol. The zero-order valence-corrected chi connectivity index (χ0v) is 13.3. The third-order valence-electron chi connectivity index (χ3n) is 3.35. The van der Waals surface area contributed by atoms with Gasteiger partial charge < -0.3 is 19.6 Å². The molecule has 24 heavy (non-hydrogen) atoms. The van der Waals surface area contributed by atoms with Gasteiger partial charge in [0.2, 0.25) is 0 Å². The van der Waals surface area contributed by atoms with Gasteiger partial charge in [-0.1, -0.05) is 13.3 Å². The van der Waals surface area contributed by atoms with Gasteiger partial charge in [-0.25, -0.2) is 4.79 Å². The standard InChI is InChI=1S/C17H19NO6/c1-2-3-11-8-17(22)24-14-9-12(4-5-13(11)14)23-10-15(19)18-7-6-16(20)21/h4-5,8-9H,2-3,6-7,10H2,1H3,(H,18,19)(H,20,21). The zero-order chi connectivity index (χ0) is 17.5. The Balaban J connectivity index is 2.04. The first-order chi connectivity index (χ1) is 11.5. The monoisotopic (exact) mass is 333 g/mol. The number of ether oxygens (including phenoxy) is 1. The van der Waals surface area contributed by atoms with Gasteiger partial charge in [-0.15, -0.1) is 0 Å². The fraction of sp³-hybridized carbons (Fsp3) is 0.353. The minimum Gasteiger partial charge on any atom is -0.484 e. The molecule has 0 radical (unpaired) electrons. The topological polar surface area (TPSA) is 106 Å². The fourth-order valence-corrected chi connectivity index (χ4v) is 2.28. The smallest absolute Gasteiger partial charge is 0.336 e. The Hall–Kier alpha value is -2.83. The lowest BCUT2D eigenvalue weighted by Crippen LogP contribution is -2.30. The minimum absolute atomic E-state index is 0.0461. The molecule has 0 saturated carbocycles. The molecule has 0 unspecified atom stereocenters. The highest BCUT2D eigenvalue weighted by Gasteiger charge is 2.08. The molecule has 0 aliphatic heterocycles. The van der Waals surface area contributed by atoms with Gasteiger partial charge in [-0.05, 0) is 24.1 Å². The average Bonchev–Trinajstić information content (AvgIpc) is 2.52. The van der Waals surface area contributed by atoms with Crippen LogP contribution in [0, 0.1) is 0 Å². The van der Waals surface area contributed by atoms with E-state index >= 15 is 0 Å². The van der Waals surface area contributed by atoms with Crippen molar-refractivity contribution in [3.05, 3.63) is 40.2 Å². The summed E-state index contributed by atoms with van der Waals surface area (Å²) < 4.78 is 10.5. The molecule has 7 heteroatoms. The lowest BCUT2D eigenvalue weighted by Gasteiger charge is -2.09. The molecule has 0 bridgehead atoms. The molecule has 1 aromatic carbocycles. The zero-order valence-electron chi connectivity index (χ0n) is 13.3. The Kier molecular flexibility index (Phi) is 5.95. The fourth-order valence-electron chi connectivity index (χ4n) is 2.28. The molecule has 7 nitrogen and oxygen atoms in total. The molecule has 0 aliphatic rings. The number of fused-ring (bicyclic) bond motifs is 1. The van der Waals surface area contributed by atoms with Crippen LogP contribution in [0.1, 0.15) is 25.3 Å². The number of carboxylic acid groups (broad SMARTS) is 1. The van der Waals surface area contributed by atoms with Crippen molar-refractivity contribution < 1.29 is 23.8 Å². The first-order valence-electron chi connectivity index (χ1n) is 7.67. The van der Waals surface area contributed by atoms with E-state index in [2.05, 4.69) is 5.32 Å². The van der Waals surface area contributed by atoms with Crippen molar-refractivity contribution in [3.8, 4) is 5.75 Å². The molecule has 2 rings (SSSR count). The number of nitrogens with one attached hydrogen (secondary N) is 1. The lowest BCUT2D eigenvalue weighted by atomic mass is 10.1. The SMILES string of the molecule is CCCc1cc(=O)oc2cc(OCC(=O)NCCC(=O)O)ccc12. The highest BCUT2D eigenvalue weighted by atomic mass is 16.5. The van der Waals surface area contributed by atoms with E-state index in [1.54, 1.807) is 18.2 Å². The van der Waals surface area contributed by atoms with Crippen molar-refractivity contribution in [1.29, 1.82) is 0 Å². The Morgan fingerprint density at radius 3 is 2.79 bits per heavy atom. The summed E-state index contributed by atoms with van der Waals surface area (Å²) >= 11 is 0. The number of carboxylic acids is 1.